The number of rotatable bonds is 5. The molecular weight excluding hydrogens is 324 g/mol. The molecule has 1 aromatic rings. The Hall–Kier alpha value is -2.01. The highest BCUT2D eigenvalue weighted by Crippen LogP contribution is 2.23. The van der Waals surface area contributed by atoms with Gasteiger partial charge in [0.15, 0.2) is 0 Å². The Bertz CT molecular complexity index is 605. The molecule has 1 aromatic carbocycles. The molecule has 5 heteroatoms. The van der Waals surface area contributed by atoms with Gasteiger partial charge in [-0.15, -0.1) is 0 Å². The number of carbonyl (C=O) groups excluding carboxylic acids is 1. The first-order chi connectivity index (χ1) is 12.6. The largest absolute Gasteiger partial charge is 0.372 e. The van der Waals surface area contributed by atoms with Gasteiger partial charge in [-0.05, 0) is 82.4 Å². The van der Waals surface area contributed by atoms with E-state index in [9.17, 15) is 4.79 Å². The number of piperidine rings is 1. The summed E-state index contributed by atoms with van der Waals surface area (Å²) in [6, 6.07) is 8.65. The molecule has 1 fully saturated rings. The van der Waals surface area contributed by atoms with Gasteiger partial charge in [-0.3, -0.25) is 0 Å². The highest BCUT2D eigenvalue weighted by atomic mass is 16.2. The molecule has 26 heavy (non-hydrogen) atoms. The van der Waals surface area contributed by atoms with E-state index in [1.165, 1.54) is 18.5 Å². The molecule has 1 heterocycles. The first-order valence-corrected chi connectivity index (χ1v) is 9.83. The molecule has 1 atom stereocenters. The smallest absolute Gasteiger partial charge is 0.319 e. The highest BCUT2D eigenvalue weighted by molar-refractivity contribution is 5.89. The number of nitrogens with zero attached hydrogens (tertiary/aromatic N) is 2. The van der Waals surface area contributed by atoms with E-state index in [1.54, 1.807) is 0 Å². The fourth-order valence-corrected chi connectivity index (χ4v) is 3.83. The average Bonchev–Trinajstić information content (AvgIpc) is 2.68. The van der Waals surface area contributed by atoms with Crippen molar-refractivity contribution in [3.05, 3.63) is 36.4 Å². The second kappa shape index (κ2) is 9.08. The van der Waals surface area contributed by atoms with E-state index in [4.69, 9.17) is 0 Å². The maximum atomic E-state index is 12.1. The van der Waals surface area contributed by atoms with Crippen LogP contribution in [0, 0.1) is 5.92 Å². The Morgan fingerprint density at radius 2 is 1.88 bits per heavy atom. The molecule has 2 aliphatic rings. The maximum absolute atomic E-state index is 12.1. The third kappa shape index (κ3) is 5.24. The summed E-state index contributed by atoms with van der Waals surface area (Å²) in [7, 11) is 4.36. The van der Waals surface area contributed by atoms with Crippen LogP contribution < -0.4 is 15.5 Å². The van der Waals surface area contributed by atoms with Crippen molar-refractivity contribution in [3.8, 4) is 0 Å². The van der Waals surface area contributed by atoms with Crippen molar-refractivity contribution in [1.82, 2.24) is 10.2 Å². The lowest BCUT2D eigenvalue weighted by Crippen LogP contribution is -2.41. The molecule has 1 aliphatic heterocycles. The van der Waals surface area contributed by atoms with Crippen molar-refractivity contribution < 1.29 is 4.79 Å². The molecule has 5 nitrogen and oxygen atoms in total. The summed E-state index contributed by atoms with van der Waals surface area (Å²) in [5, 5.41) is 5.93. The molecular formula is C21H32N4O. The molecule has 0 saturated carbocycles. The Labute approximate surface area is 157 Å². The minimum atomic E-state index is -0.115. The topological polar surface area (TPSA) is 47.6 Å². The van der Waals surface area contributed by atoms with Gasteiger partial charge < -0.3 is 20.4 Å². The first kappa shape index (κ1) is 18.8. The molecule has 1 saturated heterocycles. The molecule has 1 aliphatic carbocycles. The van der Waals surface area contributed by atoms with Gasteiger partial charge in [-0.2, -0.15) is 0 Å². The van der Waals surface area contributed by atoms with Crippen LogP contribution in [0.5, 0.6) is 0 Å². The molecule has 0 bridgehead atoms. The lowest BCUT2D eigenvalue weighted by atomic mass is 9.94. The van der Waals surface area contributed by atoms with Crippen molar-refractivity contribution >= 4 is 17.4 Å². The highest BCUT2D eigenvalue weighted by Gasteiger charge is 2.20. The SMILES string of the molecule is CN1CCC(N(C)c2ccc(NC(=O)NCC3CC=CCC3)cc2)CC1. The molecule has 0 spiro atoms. The summed E-state index contributed by atoms with van der Waals surface area (Å²) in [6.07, 6.45) is 10.2. The van der Waals surface area contributed by atoms with E-state index >= 15 is 0 Å². The molecule has 0 aromatic heterocycles. The van der Waals surface area contributed by atoms with Gasteiger partial charge in [0.2, 0.25) is 0 Å². The van der Waals surface area contributed by atoms with E-state index in [0.29, 0.717) is 12.0 Å². The Balaban J connectivity index is 1.46. The molecule has 0 radical (unpaired) electrons. The average molecular weight is 357 g/mol. The van der Waals surface area contributed by atoms with E-state index in [0.717, 1.165) is 44.6 Å². The number of likely N-dealkylation sites (tertiary alicyclic amines) is 1. The van der Waals surface area contributed by atoms with E-state index in [2.05, 4.69) is 58.8 Å². The van der Waals surface area contributed by atoms with Crippen molar-refractivity contribution in [1.29, 1.82) is 0 Å². The van der Waals surface area contributed by atoms with Gasteiger partial charge >= 0.3 is 6.03 Å². The lowest BCUT2D eigenvalue weighted by molar-refractivity contribution is 0.249. The van der Waals surface area contributed by atoms with Crippen LogP contribution >= 0.6 is 0 Å². The van der Waals surface area contributed by atoms with E-state index < -0.39 is 0 Å². The normalized spacial score (nSPS) is 21.4. The number of anilines is 2. The zero-order valence-corrected chi connectivity index (χ0v) is 16.1. The second-order valence-corrected chi connectivity index (χ2v) is 7.68. The van der Waals surface area contributed by atoms with Gasteiger partial charge in [-0.25, -0.2) is 4.79 Å². The van der Waals surface area contributed by atoms with Crippen LogP contribution in [0.1, 0.15) is 32.1 Å². The van der Waals surface area contributed by atoms with Crippen molar-refractivity contribution in [2.75, 3.05) is 43.9 Å². The summed E-state index contributed by atoms with van der Waals surface area (Å²) >= 11 is 0. The third-order valence-corrected chi connectivity index (χ3v) is 5.70. The van der Waals surface area contributed by atoms with Crippen LogP contribution in [0.2, 0.25) is 0 Å². The zero-order valence-electron chi connectivity index (χ0n) is 16.1. The maximum Gasteiger partial charge on any atom is 0.319 e. The van der Waals surface area contributed by atoms with Crippen LogP contribution in [-0.4, -0.2) is 50.7 Å². The minimum Gasteiger partial charge on any atom is -0.372 e. The quantitative estimate of drug-likeness (QED) is 0.791. The predicted molar refractivity (Wildman–Crippen MR) is 109 cm³/mol. The van der Waals surface area contributed by atoms with Crippen LogP contribution in [0.4, 0.5) is 16.2 Å². The van der Waals surface area contributed by atoms with Gasteiger partial charge in [-0.1, -0.05) is 12.2 Å². The molecule has 1 unspecified atom stereocenters. The summed E-state index contributed by atoms with van der Waals surface area (Å²) in [5.41, 5.74) is 2.05. The number of hydrogen-bond donors (Lipinski definition) is 2. The second-order valence-electron chi connectivity index (χ2n) is 7.68. The van der Waals surface area contributed by atoms with E-state index in [-0.39, 0.29) is 6.03 Å². The third-order valence-electron chi connectivity index (χ3n) is 5.70. The van der Waals surface area contributed by atoms with Crippen molar-refractivity contribution in [3.63, 3.8) is 0 Å². The summed E-state index contributed by atoms with van der Waals surface area (Å²) < 4.78 is 0. The van der Waals surface area contributed by atoms with Gasteiger partial charge in [0.25, 0.3) is 0 Å². The summed E-state index contributed by atoms with van der Waals surface area (Å²) in [5.74, 6) is 0.566. The van der Waals surface area contributed by atoms with Crippen LogP contribution in [0.3, 0.4) is 0 Å². The number of benzene rings is 1. The number of carbonyl (C=O) groups is 1. The van der Waals surface area contributed by atoms with Crippen molar-refractivity contribution in [2.24, 2.45) is 5.92 Å². The molecule has 2 amide bonds. The van der Waals surface area contributed by atoms with Crippen molar-refractivity contribution in [2.45, 2.75) is 38.1 Å². The Kier molecular flexibility index (Phi) is 6.56. The van der Waals surface area contributed by atoms with Crippen LogP contribution in [0.15, 0.2) is 36.4 Å². The number of allylic oxidation sites excluding steroid dienone is 2. The summed E-state index contributed by atoms with van der Waals surface area (Å²) in [6.45, 7) is 3.06. The molecule has 142 valence electrons. The van der Waals surface area contributed by atoms with E-state index in [1.807, 2.05) is 12.1 Å². The Morgan fingerprint density at radius 1 is 1.15 bits per heavy atom. The first-order valence-electron chi connectivity index (χ1n) is 9.83. The number of amides is 2. The standard InChI is InChI=1S/C21H32N4O/c1-24-14-12-20(13-15-24)25(2)19-10-8-18(9-11-19)23-21(26)22-16-17-6-4-3-5-7-17/h3-4,8-11,17,20H,5-7,12-16H2,1-2H3,(H2,22,23,26). The fourth-order valence-electron chi connectivity index (χ4n) is 3.83. The molecule has 3 rings (SSSR count). The fraction of sp³-hybridized carbons (Fsp3) is 0.571. The van der Waals surface area contributed by atoms with Gasteiger partial charge in [0, 0.05) is 31.0 Å². The number of hydrogen-bond acceptors (Lipinski definition) is 3. The summed E-state index contributed by atoms with van der Waals surface area (Å²) in [4.78, 5) is 16.9. The van der Waals surface area contributed by atoms with Gasteiger partial charge in [0.05, 0.1) is 0 Å². The zero-order chi connectivity index (χ0) is 18.4. The van der Waals surface area contributed by atoms with Gasteiger partial charge in [0.1, 0.15) is 0 Å². The monoisotopic (exact) mass is 356 g/mol. The van der Waals surface area contributed by atoms with Crippen LogP contribution in [0.25, 0.3) is 0 Å². The number of nitrogens with one attached hydrogen (secondary N) is 2. The lowest BCUT2D eigenvalue weighted by Gasteiger charge is -2.36. The Morgan fingerprint density at radius 3 is 2.54 bits per heavy atom. The van der Waals surface area contributed by atoms with Crippen LogP contribution in [-0.2, 0) is 0 Å². The predicted octanol–water partition coefficient (Wildman–Crippen LogP) is 3.69. The molecule has 2 N–H and O–H groups in total. The number of urea groups is 1. The minimum absolute atomic E-state index is 0.115.